The zero-order valence-electron chi connectivity index (χ0n) is 15.3. The van der Waals surface area contributed by atoms with Crippen LogP contribution in [0.3, 0.4) is 0 Å². The maximum atomic E-state index is 5.35. The second-order valence-corrected chi connectivity index (χ2v) is 9.36. The highest BCUT2D eigenvalue weighted by atomic mass is 28.2. The first-order valence-electron chi connectivity index (χ1n) is 8.24. The minimum absolute atomic E-state index is 0.147. The lowest BCUT2D eigenvalue weighted by atomic mass is 9.50. The molecule has 0 aromatic heterocycles. The topological polar surface area (TPSA) is 9.23 Å². The maximum absolute atomic E-state index is 5.35. The molecule has 1 rings (SSSR count). The number of rotatable bonds is 7. The summed E-state index contributed by atoms with van der Waals surface area (Å²) in [5, 5.41) is 1.38. The van der Waals surface area contributed by atoms with Gasteiger partial charge in [0.05, 0.1) is 0 Å². The first-order valence-corrected chi connectivity index (χ1v) is 9.53. The van der Waals surface area contributed by atoms with E-state index in [2.05, 4.69) is 72.7 Å². The van der Waals surface area contributed by atoms with Gasteiger partial charge in [-0.15, -0.1) is 0 Å². The zero-order valence-corrected chi connectivity index (χ0v) is 16.8. The largest absolute Gasteiger partial charge is 0.422 e. The average molecular weight is 307 g/mol. The summed E-state index contributed by atoms with van der Waals surface area (Å²) < 4.78 is 5.35. The van der Waals surface area contributed by atoms with Crippen molar-refractivity contribution in [3.63, 3.8) is 0 Å². The van der Waals surface area contributed by atoms with Crippen molar-refractivity contribution in [1.29, 1.82) is 0 Å². The predicted octanol–water partition coefficient (Wildman–Crippen LogP) is 4.17. The van der Waals surface area contributed by atoms with Gasteiger partial charge in [0.1, 0.15) is 0 Å². The van der Waals surface area contributed by atoms with Gasteiger partial charge in [0.2, 0.25) is 0 Å². The summed E-state index contributed by atoms with van der Waals surface area (Å²) in [6.07, 6.45) is 2.39. The van der Waals surface area contributed by atoms with Crippen molar-refractivity contribution in [2.75, 3.05) is 7.11 Å². The molecule has 0 radical (unpaired) electrons. The molecule has 1 aromatic rings. The van der Waals surface area contributed by atoms with Gasteiger partial charge in [0.25, 0.3) is 0 Å². The highest BCUT2D eigenvalue weighted by Crippen LogP contribution is 2.56. The van der Waals surface area contributed by atoms with E-state index in [1.54, 1.807) is 0 Å². The van der Waals surface area contributed by atoms with Crippen molar-refractivity contribution in [3.05, 3.63) is 29.8 Å². The molecule has 0 saturated heterocycles. The van der Waals surface area contributed by atoms with E-state index in [1.807, 2.05) is 7.11 Å². The van der Waals surface area contributed by atoms with Crippen molar-refractivity contribution in [2.24, 2.45) is 10.8 Å². The Balaban J connectivity index is 3.23. The highest BCUT2D eigenvalue weighted by Gasteiger charge is 2.49. The molecule has 0 saturated carbocycles. The van der Waals surface area contributed by atoms with Crippen LogP contribution in [0.1, 0.15) is 66.9 Å². The van der Waals surface area contributed by atoms with Crippen LogP contribution in [0.25, 0.3) is 0 Å². The molecule has 120 valence electrons. The van der Waals surface area contributed by atoms with Gasteiger partial charge in [-0.1, -0.05) is 79.2 Å². The van der Waals surface area contributed by atoms with Crippen molar-refractivity contribution in [3.8, 4) is 0 Å². The molecule has 0 heterocycles. The Hall–Kier alpha value is -0.603. The smallest absolute Gasteiger partial charge is 0.191 e. The van der Waals surface area contributed by atoms with Crippen LogP contribution in [0.15, 0.2) is 24.3 Å². The maximum Gasteiger partial charge on any atom is 0.191 e. The minimum atomic E-state index is -0.532. The SMILES string of the molecule is CCC(C)(C)C(C)(CC)C(C)(C)c1ccc([SiH2]OC)cc1. The summed E-state index contributed by atoms with van der Waals surface area (Å²) in [6.45, 7) is 16.8. The van der Waals surface area contributed by atoms with Crippen molar-refractivity contribution >= 4 is 14.9 Å². The Bertz CT molecular complexity index is 447. The summed E-state index contributed by atoms with van der Waals surface area (Å²) in [5.41, 5.74) is 2.16. The van der Waals surface area contributed by atoms with Crippen molar-refractivity contribution in [1.82, 2.24) is 0 Å². The van der Waals surface area contributed by atoms with E-state index >= 15 is 0 Å². The van der Waals surface area contributed by atoms with Gasteiger partial charge in [-0.2, -0.15) is 0 Å². The van der Waals surface area contributed by atoms with Gasteiger partial charge >= 0.3 is 0 Å². The molecule has 0 spiro atoms. The van der Waals surface area contributed by atoms with Crippen LogP contribution in [0.2, 0.25) is 0 Å². The molecule has 0 amide bonds. The van der Waals surface area contributed by atoms with Gasteiger partial charge in [-0.3, -0.25) is 0 Å². The zero-order chi connectivity index (χ0) is 16.3. The monoisotopic (exact) mass is 306 g/mol. The molecule has 1 unspecified atom stereocenters. The lowest BCUT2D eigenvalue weighted by molar-refractivity contribution is 0.00352. The molecule has 0 N–H and O–H groups in total. The summed E-state index contributed by atoms with van der Waals surface area (Å²) in [4.78, 5) is 0. The lowest BCUT2D eigenvalue weighted by Crippen LogP contribution is -2.48. The van der Waals surface area contributed by atoms with E-state index < -0.39 is 9.76 Å². The Kier molecular flexibility index (Phi) is 5.85. The molecule has 0 fully saturated rings. The number of hydrogen-bond donors (Lipinski definition) is 0. The molecule has 1 nitrogen and oxygen atoms in total. The van der Waals surface area contributed by atoms with Gasteiger partial charge in [0, 0.05) is 7.11 Å². The van der Waals surface area contributed by atoms with Gasteiger partial charge in [-0.25, -0.2) is 0 Å². The molecule has 0 aliphatic heterocycles. The normalized spacial score (nSPS) is 16.4. The molecular formula is C19H34OSi. The second kappa shape index (κ2) is 6.66. The van der Waals surface area contributed by atoms with Gasteiger partial charge in [0.15, 0.2) is 9.76 Å². The van der Waals surface area contributed by atoms with Crippen LogP contribution in [0.5, 0.6) is 0 Å². The summed E-state index contributed by atoms with van der Waals surface area (Å²) >= 11 is 0. The fraction of sp³-hybridized carbons (Fsp3) is 0.684. The molecule has 21 heavy (non-hydrogen) atoms. The summed E-state index contributed by atoms with van der Waals surface area (Å²) in [7, 11) is 1.28. The first kappa shape index (κ1) is 18.4. The number of benzene rings is 1. The van der Waals surface area contributed by atoms with Crippen molar-refractivity contribution in [2.45, 2.75) is 66.7 Å². The van der Waals surface area contributed by atoms with Crippen LogP contribution in [0.4, 0.5) is 0 Å². The molecule has 0 aliphatic rings. The molecule has 1 aromatic carbocycles. The Morgan fingerprint density at radius 3 is 1.81 bits per heavy atom. The third-order valence-electron chi connectivity index (χ3n) is 6.45. The summed E-state index contributed by atoms with van der Waals surface area (Å²) in [6, 6.07) is 9.17. The van der Waals surface area contributed by atoms with E-state index in [0.29, 0.717) is 5.41 Å². The summed E-state index contributed by atoms with van der Waals surface area (Å²) in [5.74, 6) is 0. The first-order chi connectivity index (χ1) is 9.66. The number of hydrogen-bond acceptors (Lipinski definition) is 1. The van der Waals surface area contributed by atoms with Crippen LogP contribution < -0.4 is 5.19 Å². The minimum Gasteiger partial charge on any atom is -0.422 e. The van der Waals surface area contributed by atoms with Crippen LogP contribution >= 0.6 is 0 Å². The fourth-order valence-electron chi connectivity index (χ4n) is 3.66. The van der Waals surface area contributed by atoms with E-state index in [-0.39, 0.29) is 10.8 Å². The highest BCUT2D eigenvalue weighted by molar-refractivity contribution is 6.46. The fourth-order valence-corrected chi connectivity index (χ4v) is 4.42. The molecule has 0 aliphatic carbocycles. The average Bonchev–Trinajstić information content (AvgIpc) is 2.46. The molecule has 0 bridgehead atoms. The third kappa shape index (κ3) is 3.27. The van der Waals surface area contributed by atoms with E-state index in [4.69, 9.17) is 4.43 Å². The third-order valence-corrected chi connectivity index (χ3v) is 7.54. The standard InChI is InChI=1S/C19H34OSi/c1-9-17(3,4)19(7,10-2)18(5,6)15-11-13-16(14-12-15)21-20-8/h11-14H,9-10,21H2,1-8H3. The van der Waals surface area contributed by atoms with E-state index in [0.717, 1.165) is 0 Å². The quantitative estimate of drug-likeness (QED) is 0.687. The molecular weight excluding hydrogens is 272 g/mol. The molecule has 1 atom stereocenters. The van der Waals surface area contributed by atoms with Crippen LogP contribution in [-0.4, -0.2) is 16.9 Å². The van der Waals surface area contributed by atoms with Gasteiger partial charge in [-0.05, 0) is 33.4 Å². The Labute approximate surface area is 134 Å². The Morgan fingerprint density at radius 1 is 0.905 bits per heavy atom. The van der Waals surface area contributed by atoms with Crippen molar-refractivity contribution < 1.29 is 4.43 Å². The van der Waals surface area contributed by atoms with Gasteiger partial charge < -0.3 is 4.43 Å². The van der Waals surface area contributed by atoms with Crippen LogP contribution in [0, 0.1) is 10.8 Å². The lowest BCUT2D eigenvalue weighted by Gasteiger charge is -2.54. The predicted molar refractivity (Wildman–Crippen MR) is 97.1 cm³/mol. The van der Waals surface area contributed by atoms with E-state index in [1.165, 1.54) is 23.6 Å². The molecule has 2 heteroatoms. The van der Waals surface area contributed by atoms with E-state index in [9.17, 15) is 0 Å². The Morgan fingerprint density at radius 2 is 1.43 bits per heavy atom. The second-order valence-electron chi connectivity index (χ2n) is 7.68. The van der Waals surface area contributed by atoms with Crippen LogP contribution in [-0.2, 0) is 9.84 Å².